The standard InChI is InChI=1S/C15H22ClN3O3.HI/c1-17-15(19-9-7-14(20)22-3)18-8-6-11-4-5-12(21-2)10-13(11)16;/h4-5,10H,6-9H2,1-3H3,(H2,17,18,19);1H. The lowest BCUT2D eigenvalue weighted by Crippen LogP contribution is -2.39. The highest BCUT2D eigenvalue weighted by Crippen LogP contribution is 2.22. The van der Waals surface area contributed by atoms with E-state index in [1.807, 2.05) is 12.1 Å². The van der Waals surface area contributed by atoms with Crippen molar-refractivity contribution in [3.05, 3.63) is 28.8 Å². The summed E-state index contributed by atoms with van der Waals surface area (Å²) in [5, 5.41) is 6.88. The average Bonchev–Trinajstić information content (AvgIpc) is 2.54. The molecule has 0 radical (unpaired) electrons. The third-order valence-corrected chi connectivity index (χ3v) is 3.37. The van der Waals surface area contributed by atoms with Gasteiger partial charge in [-0.1, -0.05) is 17.7 Å². The molecule has 130 valence electrons. The molecule has 0 aliphatic heterocycles. The van der Waals surface area contributed by atoms with Crippen LogP contribution in [0.3, 0.4) is 0 Å². The van der Waals surface area contributed by atoms with Gasteiger partial charge in [0, 0.05) is 25.2 Å². The maximum Gasteiger partial charge on any atom is 0.307 e. The first-order valence-electron chi connectivity index (χ1n) is 6.94. The number of halogens is 2. The number of nitrogens with one attached hydrogen (secondary N) is 2. The van der Waals surface area contributed by atoms with Gasteiger partial charge in [0.15, 0.2) is 5.96 Å². The summed E-state index contributed by atoms with van der Waals surface area (Å²) in [5.41, 5.74) is 1.03. The van der Waals surface area contributed by atoms with Crippen molar-refractivity contribution in [3.8, 4) is 5.75 Å². The largest absolute Gasteiger partial charge is 0.497 e. The normalized spacial score (nSPS) is 10.5. The Hall–Kier alpha value is -1.22. The van der Waals surface area contributed by atoms with E-state index < -0.39 is 0 Å². The van der Waals surface area contributed by atoms with Gasteiger partial charge in [-0.15, -0.1) is 24.0 Å². The van der Waals surface area contributed by atoms with E-state index in [0.717, 1.165) is 17.7 Å². The first kappa shape index (κ1) is 21.8. The van der Waals surface area contributed by atoms with Crippen LogP contribution in [0.15, 0.2) is 23.2 Å². The second-order valence-electron chi connectivity index (χ2n) is 4.46. The lowest BCUT2D eigenvalue weighted by molar-refractivity contribution is -0.140. The molecule has 0 aromatic heterocycles. The SMILES string of the molecule is CN=C(NCCC(=O)OC)NCCc1ccc(OC)cc1Cl.I. The number of hydrogen-bond donors (Lipinski definition) is 2. The number of aliphatic imine (C=N–C) groups is 1. The van der Waals surface area contributed by atoms with Crippen LogP contribution < -0.4 is 15.4 Å². The van der Waals surface area contributed by atoms with Crippen molar-refractivity contribution < 1.29 is 14.3 Å². The summed E-state index contributed by atoms with van der Waals surface area (Å²) in [6.45, 7) is 1.14. The summed E-state index contributed by atoms with van der Waals surface area (Å²) in [7, 11) is 4.65. The molecule has 23 heavy (non-hydrogen) atoms. The smallest absolute Gasteiger partial charge is 0.307 e. The Labute approximate surface area is 159 Å². The predicted octanol–water partition coefficient (Wildman–Crippen LogP) is 2.24. The van der Waals surface area contributed by atoms with Gasteiger partial charge in [0.1, 0.15) is 5.75 Å². The molecule has 8 heteroatoms. The van der Waals surface area contributed by atoms with Crippen molar-refractivity contribution in [1.82, 2.24) is 10.6 Å². The summed E-state index contributed by atoms with van der Waals surface area (Å²) in [4.78, 5) is 15.1. The Kier molecular flexibility index (Phi) is 11.6. The predicted molar refractivity (Wildman–Crippen MR) is 103 cm³/mol. The number of rotatable bonds is 7. The monoisotopic (exact) mass is 455 g/mol. The number of carbonyl (C=O) groups is 1. The van der Waals surface area contributed by atoms with Crippen molar-refractivity contribution >= 4 is 47.5 Å². The van der Waals surface area contributed by atoms with E-state index in [9.17, 15) is 4.79 Å². The zero-order valence-corrected chi connectivity index (χ0v) is 16.6. The summed E-state index contributed by atoms with van der Waals surface area (Å²) in [6, 6.07) is 5.61. The Morgan fingerprint density at radius 1 is 1.26 bits per heavy atom. The number of methoxy groups -OCH3 is 2. The lowest BCUT2D eigenvalue weighted by atomic mass is 10.1. The molecule has 6 nitrogen and oxygen atoms in total. The van der Waals surface area contributed by atoms with Crippen LogP contribution in [0.25, 0.3) is 0 Å². The molecular weight excluding hydrogens is 433 g/mol. The molecule has 0 fully saturated rings. The molecule has 1 aromatic rings. The number of esters is 1. The number of carbonyl (C=O) groups excluding carboxylic acids is 1. The van der Waals surface area contributed by atoms with Gasteiger partial charge in [0.05, 0.1) is 20.6 Å². The number of ether oxygens (including phenoxy) is 2. The minimum absolute atomic E-state index is 0. The van der Waals surface area contributed by atoms with E-state index in [0.29, 0.717) is 30.5 Å². The summed E-state index contributed by atoms with van der Waals surface area (Å²) < 4.78 is 9.69. The van der Waals surface area contributed by atoms with Crippen LogP contribution in [0.1, 0.15) is 12.0 Å². The molecular formula is C15H23ClIN3O3. The Morgan fingerprint density at radius 3 is 2.52 bits per heavy atom. The van der Waals surface area contributed by atoms with Gasteiger partial charge in [-0.3, -0.25) is 9.79 Å². The Bertz CT molecular complexity index is 527. The first-order valence-corrected chi connectivity index (χ1v) is 7.32. The topological polar surface area (TPSA) is 72.0 Å². The molecule has 0 atom stereocenters. The van der Waals surface area contributed by atoms with Gasteiger partial charge in [-0.05, 0) is 24.1 Å². The maximum atomic E-state index is 11.0. The molecule has 0 aliphatic carbocycles. The van der Waals surface area contributed by atoms with Crippen LogP contribution in [0.4, 0.5) is 0 Å². The van der Waals surface area contributed by atoms with Gasteiger partial charge in [-0.25, -0.2) is 0 Å². The van der Waals surface area contributed by atoms with Crippen molar-refractivity contribution in [3.63, 3.8) is 0 Å². The quantitative estimate of drug-likeness (QED) is 0.286. The van der Waals surface area contributed by atoms with Crippen molar-refractivity contribution in [2.45, 2.75) is 12.8 Å². The molecule has 0 unspecified atom stereocenters. The third kappa shape index (κ3) is 8.26. The highest BCUT2D eigenvalue weighted by molar-refractivity contribution is 14.0. The van der Waals surface area contributed by atoms with E-state index in [1.54, 1.807) is 20.2 Å². The molecule has 0 bridgehead atoms. The summed E-state index contributed by atoms with van der Waals surface area (Å²) in [6.07, 6.45) is 1.04. The van der Waals surface area contributed by atoms with E-state index in [2.05, 4.69) is 20.4 Å². The highest BCUT2D eigenvalue weighted by atomic mass is 127. The van der Waals surface area contributed by atoms with Gasteiger partial charge in [-0.2, -0.15) is 0 Å². The van der Waals surface area contributed by atoms with Crippen LogP contribution in [-0.2, 0) is 16.0 Å². The number of hydrogen-bond acceptors (Lipinski definition) is 4. The second kappa shape index (κ2) is 12.2. The fourth-order valence-electron chi connectivity index (χ4n) is 1.78. The van der Waals surface area contributed by atoms with Gasteiger partial charge < -0.3 is 20.1 Å². The second-order valence-corrected chi connectivity index (χ2v) is 4.87. The third-order valence-electron chi connectivity index (χ3n) is 3.02. The zero-order valence-electron chi connectivity index (χ0n) is 13.5. The molecule has 0 saturated carbocycles. The minimum Gasteiger partial charge on any atom is -0.497 e. The van der Waals surface area contributed by atoms with Gasteiger partial charge in [0.25, 0.3) is 0 Å². The molecule has 0 heterocycles. The molecule has 1 rings (SSSR count). The van der Waals surface area contributed by atoms with Crippen LogP contribution in [0, 0.1) is 0 Å². The number of guanidine groups is 1. The number of nitrogens with zero attached hydrogens (tertiary/aromatic N) is 1. The fraction of sp³-hybridized carbons (Fsp3) is 0.467. The van der Waals surface area contributed by atoms with Crippen LogP contribution in [0.2, 0.25) is 5.02 Å². The van der Waals surface area contributed by atoms with Crippen LogP contribution in [0.5, 0.6) is 5.75 Å². The Morgan fingerprint density at radius 2 is 1.96 bits per heavy atom. The Balaban J connectivity index is 0.00000484. The fourth-order valence-corrected chi connectivity index (χ4v) is 2.04. The summed E-state index contributed by atoms with van der Waals surface area (Å²) >= 11 is 6.19. The van der Waals surface area contributed by atoms with Crippen LogP contribution in [-0.4, -0.2) is 46.3 Å². The molecule has 1 aromatic carbocycles. The first-order chi connectivity index (χ1) is 10.6. The van der Waals surface area contributed by atoms with Crippen molar-refractivity contribution in [2.75, 3.05) is 34.4 Å². The van der Waals surface area contributed by atoms with Crippen molar-refractivity contribution in [2.24, 2.45) is 4.99 Å². The molecule has 0 spiro atoms. The van der Waals surface area contributed by atoms with E-state index in [1.165, 1.54) is 7.11 Å². The number of benzene rings is 1. The molecule has 0 aliphatic rings. The molecule has 0 amide bonds. The van der Waals surface area contributed by atoms with E-state index in [-0.39, 0.29) is 29.9 Å². The average molecular weight is 456 g/mol. The van der Waals surface area contributed by atoms with E-state index in [4.69, 9.17) is 16.3 Å². The zero-order chi connectivity index (χ0) is 16.4. The molecule has 2 N–H and O–H groups in total. The lowest BCUT2D eigenvalue weighted by Gasteiger charge is -2.12. The van der Waals surface area contributed by atoms with Gasteiger partial charge >= 0.3 is 5.97 Å². The van der Waals surface area contributed by atoms with Crippen LogP contribution >= 0.6 is 35.6 Å². The summed E-state index contributed by atoms with van der Waals surface area (Å²) in [5.74, 6) is 1.11. The maximum absolute atomic E-state index is 11.0. The highest BCUT2D eigenvalue weighted by Gasteiger charge is 2.04. The van der Waals surface area contributed by atoms with Gasteiger partial charge in [0.2, 0.25) is 0 Å². The molecule has 0 saturated heterocycles. The van der Waals surface area contributed by atoms with E-state index >= 15 is 0 Å². The van der Waals surface area contributed by atoms with Crippen molar-refractivity contribution in [1.29, 1.82) is 0 Å². The minimum atomic E-state index is -0.257.